The highest BCUT2D eigenvalue weighted by molar-refractivity contribution is 7.89. The van der Waals surface area contributed by atoms with Crippen LogP contribution in [0.1, 0.15) is 31.4 Å². The van der Waals surface area contributed by atoms with Crippen molar-refractivity contribution in [1.29, 1.82) is 0 Å². The van der Waals surface area contributed by atoms with Crippen LogP contribution in [0.5, 0.6) is 0 Å². The summed E-state index contributed by atoms with van der Waals surface area (Å²) in [6, 6.07) is 5.59. The monoisotopic (exact) mass is 338 g/mol. The topological polar surface area (TPSA) is 60.9 Å². The number of sulfonamides is 1. The Morgan fingerprint density at radius 1 is 1.09 bits per heavy atom. The molecule has 128 valence electrons. The zero-order valence-electron chi connectivity index (χ0n) is 14.0. The number of hydrogen-bond acceptors (Lipinski definition) is 4. The van der Waals surface area contributed by atoms with E-state index in [0.717, 1.165) is 19.3 Å². The molecule has 1 fully saturated rings. The zero-order chi connectivity index (χ0) is 16.7. The minimum absolute atomic E-state index is 0.425. The van der Waals surface area contributed by atoms with Crippen LogP contribution in [0.25, 0.3) is 0 Å². The average molecular weight is 338 g/mol. The van der Waals surface area contributed by atoms with Gasteiger partial charge in [-0.1, -0.05) is 6.07 Å². The van der Waals surface area contributed by atoms with Crippen LogP contribution in [0.3, 0.4) is 0 Å². The van der Waals surface area contributed by atoms with E-state index in [9.17, 15) is 13.5 Å². The zero-order valence-corrected chi connectivity index (χ0v) is 14.8. The highest BCUT2D eigenvalue weighted by Crippen LogP contribution is 2.26. The van der Waals surface area contributed by atoms with Crippen LogP contribution in [0, 0.1) is 0 Å². The van der Waals surface area contributed by atoms with E-state index in [0.29, 0.717) is 37.6 Å². The van der Waals surface area contributed by atoms with Crippen molar-refractivity contribution in [3.8, 4) is 0 Å². The van der Waals surface area contributed by atoms with Crippen LogP contribution in [0.4, 0.5) is 0 Å². The first kappa shape index (κ1) is 16.9. The highest BCUT2D eigenvalue weighted by Gasteiger charge is 2.30. The van der Waals surface area contributed by atoms with Crippen molar-refractivity contribution in [3.63, 3.8) is 0 Å². The molecule has 1 aliphatic heterocycles. The standard InChI is InChI=1S/C17H26N2O3S/c1-17(2,20)13-18-8-10-19(11-9-18)23(21,22)16-7-6-14-4-3-5-15(14)12-16/h6-7,12,20H,3-5,8-11,13H2,1-2H3. The Labute approximate surface area is 139 Å². The fraction of sp³-hybridized carbons (Fsp3) is 0.647. The molecule has 0 saturated carbocycles. The number of aliphatic hydroxyl groups is 1. The summed E-state index contributed by atoms with van der Waals surface area (Å²) < 4.78 is 27.2. The molecule has 23 heavy (non-hydrogen) atoms. The Morgan fingerprint density at radius 3 is 2.39 bits per heavy atom. The van der Waals surface area contributed by atoms with Crippen LogP contribution in [0.2, 0.25) is 0 Å². The molecular formula is C17H26N2O3S. The lowest BCUT2D eigenvalue weighted by atomic mass is 10.1. The van der Waals surface area contributed by atoms with Gasteiger partial charge in [0.1, 0.15) is 0 Å². The molecule has 0 unspecified atom stereocenters. The van der Waals surface area contributed by atoms with Crippen LogP contribution in [-0.2, 0) is 22.9 Å². The number of aryl methyl sites for hydroxylation is 2. The summed E-state index contributed by atoms with van der Waals surface area (Å²) in [6.07, 6.45) is 3.16. The SMILES string of the molecule is CC(C)(O)CN1CCN(S(=O)(=O)c2ccc3c(c2)CCC3)CC1. The van der Waals surface area contributed by atoms with E-state index in [2.05, 4.69) is 4.90 Å². The van der Waals surface area contributed by atoms with Crippen molar-refractivity contribution < 1.29 is 13.5 Å². The molecule has 1 aliphatic carbocycles. The third-order valence-electron chi connectivity index (χ3n) is 4.65. The molecular weight excluding hydrogens is 312 g/mol. The Morgan fingerprint density at radius 2 is 1.74 bits per heavy atom. The van der Waals surface area contributed by atoms with Crippen molar-refractivity contribution in [1.82, 2.24) is 9.21 Å². The quantitative estimate of drug-likeness (QED) is 0.898. The largest absolute Gasteiger partial charge is 0.389 e. The summed E-state index contributed by atoms with van der Waals surface area (Å²) >= 11 is 0. The summed E-state index contributed by atoms with van der Waals surface area (Å²) in [5.41, 5.74) is 1.73. The fourth-order valence-corrected chi connectivity index (χ4v) is 5.01. The van der Waals surface area contributed by atoms with Gasteiger partial charge in [0.15, 0.2) is 0 Å². The van der Waals surface area contributed by atoms with E-state index < -0.39 is 15.6 Å². The van der Waals surface area contributed by atoms with Gasteiger partial charge in [-0.25, -0.2) is 8.42 Å². The third-order valence-corrected chi connectivity index (χ3v) is 6.54. The Balaban J connectivity index is 1.70. The molecule has 1 aromatic carbocycles. The predicted molar refractivity (Wildman–Crippen MR) is 90.0 cm³/mol. The molecule has 0 amide bonds. The van der Waals surface area contributed by atoms with Gasteiger partial charge in [-0.2, -0.15) is 4.31 Å². The van der Waals surface area contributed by atoms with E-state index in [1.165, 1.54) is 11.1 Å². The number of benzene rings is 1. The first-order valence-corrected chi connectivity index (χ1v) is 9.76. The summed E-state index contributed by atoms with van der Waals surface area (Å²) in [6.45, 7) is 6.41. The van der Waals surface area contributed by atoms with Crippen LogP contribution in [0.15, 0.2) is 23.1 Å². The molecule has 0 atom stereocenters. The van der Waals surface area contributed by atoms with Crippen molar-refractivity contribution in [3.05, 3.63) is 29.3 Å². The molecule has 2 aliphatic rings. The first-order chi connectivity index (χ1) is 10.8. The summed E-state index contributed by atoms with van der Waals surface area (Å²) in [4.78, 5) is 2.54. The Kier molecular flexibility index (Phi) is 4.53. The molecule has 1 saturated heterocycles. The molecule has 1 heterocycles. The fourth-order valence-electron chi connectivity index (χ4n) is 3.53. The van der Waals surface area contributed by atoms with Gasteiger partial charge in [0.05, 0.1) is 10.5 Å². The second kappa shape index (κ2) is 6.16. The van der Waals surface area contributed by atoms with Gasteiger partial charge >= 0.3 is 0 Å². The summed E-state index contributed by atoms with van der Waals surface area (Å²) in [5, 5.41) is 9.89. The van der Waals surface area contributed by atoms with Gasteiger partial charge in [-0.05, 0) is 56.4 Å². The summed E-state index contributed by atoms with van der Waals surface area (Å²) in [7, 11) is -3.41. The van der Waals surface area contributed by atoms with E-state index in [1.54, 1.807) is 24.2 Å². The number of hydrogen-bond donors (Lipinski definition) is 1. The molecule has 0 bridgehead atoms. The predicted octanol–water partition coefficient (Wildman–Crippen LogP) is 1.25. The number of rotatable bonds is 4. The lowest BCUT2D eigenvalue weighted by molar-refractivity contribution is 0.0263. The smallest absolute Gasteiger partial charge is 0.243 e. The van der Waals surface area contributed by atoms with Crippen molar-refractivity contribution >= 4 is 10.0 Å². The number of fused-ring (bicyclic) bond motifs is 1. The van der Waals surface area contributed by atoms with Crippen LogP contribution < -0.4 is 0 Å². The maximum absolute atomic E-state index is 12.8. The van der Waals surface area contributed by atoms with Gasteiger partial charge in [0.25, 0.3) is 0 Å². The lowest BCUT2D eigenvalue weighted by Crippen LogP contribution is -2.51. The van der Waals surface area contributed by atoms with Gasteiger partial charge in [-0.3, -0.25) is 4.90 Å². The van der Waals surface area contributed by atoms with Gasteiger partial charge in [-0.15, -0.1) is 0 Å². The highest BCUT2D eigenvalue weighted by atomic mass is 32.2. The van der Waals surface area contributed by atoms with E-state index in [-0.39, 0.29) is 0 Å². The second-order valence-electron chi connectivity index (χ2n) is 7.28. The van der Waals surface area contributed by atoms with E-state index in [1.807, 2.05) is 12.1 Å². The Bertz CT molecular complexity index is 672. The normalized spacial score (nSPS) is 20.7. The minimum atomic E-state index is -3.41. The molecule has 3 rings (SSSR count). The van der Waals surface area contributed by atoms with Gasteiger partial charge in [0, 0.05) is 32.7 Å². The summed E-state index contributed by atoms with van der Waals surface area (Å²) in [5.74, 6) is 0. The van der Waals surface area contributed by atoms with Crippen molar-refractivity contribution in [2.45, 2.75) is 43.6 Å². The second-order valence-corrected chi connectivity index (χ2v) is 9.21. The minimum Gasteiger partial charge on any atom is -0.389 e. The molecule has 0 aromatic heterocycles. The third kappa shape index (κ3) is 3.76. The maximum Gasteiger partial charge on any atom is 0.243 e. The van der Waals surface area contributed by atoms with Crippen molar-refractivity contribution in [2.24, 2.45) is 0 Å². The maximum atomic E-state index is 12.8. The molecule has 0 radical (unpaired) electrons. The van der Waals surface area contributed by atoms with Crippen molar-refractivity contribution in [2.75, 3.05) is 32.7 Å². The number of β-amino-alcohol motifs (C(OH)–C–C–N with tert-alkyl or cyclic N) is 1. The van der Waals surface area contributed by atoms with Gasteiger partial charge < -0.3 is 5.11 Å². The molecule has 1 aromatic rings. The van der Waals surface area contributed by atoms with E-state index >= 15 is 0 Å². The molecule has 6 heteroatoms. The van der Waals surface area contributed by atoms with Gasteiger partial charge in [0.2, 0.25) is 10.0 Å². The van der Waals surface area contributed by atoms with Crippen LogP contribution >= 0.6 is 0 Å². The molecule has 1 N–H and O–H groups in total. The first-order valence-electron chi connectivity index (χ1n) is 8.32. The van der Waals surface area contributed by atoms with E-state index in [4.69, 9.17) is 0 Å². The molecule has 5 nitrogen and oxygen atoms in total. The number of nitrogens with zero attached hydrogens (tertiary/aromatic N) is 2. The average Bonchev–Trinajstić information content (AvgIpc) is 2.93. The lowest BCUT2D eigenvalue weighted by Gasteiger charge is -2.36. The Hall–Kier alpha value is -0.950. The van der Waals surface area contributed by atoms with Crippen LogP contribution in [-0.4, -0.2) is 61.1 Å². The number of piperazine rings is 1. The molecule has 0 spiro atoms.